The van der Waals surface area contributed by atoms with E-state index in [9.17, 15) is 0 Å². The molecule has 160 valence electrons. The number of hydrogen-bond donors (Lipinski definition) is 2. The third kappa shape index (κ3) is 6.43. The molecule has 0 aromatic heterocycles. The highest BCUT2D eigenvalue weighted by Crippen LogP contribution is 2.44. The van der Waals surface area contributed by atoms with Gasteiger partial charge >= 0.3 is 0 Å². The third-order valence-electron chi connectivity index (χ3n) is 4.54. The van der Waals surface area contributed by atoms with Crippen LogP contribution in [-0.4, -0.2) is 36.6 Å². The molecule has 0 amide bonds. The van der Waals surface area contributed by atoms with Crippen molar-refractivity contribution in [1.82, 2.24) is 0 Å². The van der Waals surface area contributed by atoms with Crippen molar-refractivity contribution in [2.45, 2.75) is 32.1 Å². The molecule has 0 radical (unpaired) electrons. The Balaban J connectivity index is 2.34. The molecule has 0 saturated carbocycles. The van der Waals surface area contributed by atoms with Gasteiger partial charge in [0, 0.05) is 31.5 Å². The van der Waals surface area contributed by atoms with Crippen molar-refractivity contribution >= 4 is 63.7 Å². The standard InChI is InChI=1S/C21H24Br4O4/c1-21(2,13-9-15(22)19(16(23)10-13)28-7-3-5-26)14-11-17(24)20(18(25)12-14)29-8-4-6-27/h9-12,26-27H,3-8H2,1-2H3. The summed E-state index contributed by atoms with van der Waals surface area (Å²) < 4.78 is 15.0. The predicted molar refractivity (Wildman–Crippen MR) is 130 cm³/mol. The summed E-state index contributed by atoms with van der Waals surface area (Å²) in [7, 11) is 0. The molecule has 4 nitrogen and oxygen atoms in total. The number of aliphatic hydroxyl groups is 2. The van der Waals surface area contributed by atoms with Gasteiger partial charge in [-0.05, 0) is 99.1 Å². The van der Waals surface area contributed by atoms with Crippen LogP contribution in [0.4, 0.5) is 0 Å². The van der Waals surface area contributed by atoms with E-state index in [1.165, 1.54) is 0 Å². The minimum atomic E-state index is -0.288. The first-order valence-corrected chi connectivity index (χ1v) is 12.4. The van der Waals surface area contributed by atoms with Gasteiger partial charge in [-0.3, -0.25) is 0 Å². The fraction of sp³-hybridized carbons (Fsp3) is 0.429. The topological polar surface area (TPSA) is 58.9 Å². The van der Waals surface area contributed by atoms with Gasteiger partial charge in [0.1, 0.15) is 11.5 Å². The molecule has 8 heteroatoms. The van der Waals surface area contributed by atoms with Crippen LogP contribution in [0.3, 0.4) is 0 Å². The lowest BCUT2D eigenvalue weighted by Crippen LogP contribution is -2.19. The summed E-state index contributed by atoms with van der Waals surface area (Å²) >= 11 is 14.5. The lowest BCUT2D eigenvalue weighted by molar-refractivity contribution is 0.232. The van der Waals surface area contributed by atoms with Crippen LogP contribution in [0.25, 0.3) is 0 Å². The quantitative estimate of drug-likeness (QED) is 0.283. The summed E-state index contributed by atoms with van der Waals surface area (Å²) in [4.78, 5) is 0. The third-order valence-corrected chi connectivity index (χ3v) is 6.89. The summed E-state index contributed by atoms with van der Waals surface area (Å²) in [6.07, 6.45) is 1.17. The van der Waals surface area contributed by atoms with E-state index in [-0.39, 0.29) is 18.6 Å². The molecule has 0 aliphatic rings. The van der Waals surface area contributed by atoms with Gasteiger partial charge in [-0.2, -0.15) is 0 Å². The van der Waals surface area contributed by atoms with Crippen molar-refractivity contribution in [2.75, 3.05) is 26.4 Å². The summed E-state index contributed by atoms with van der Waals surface area (Å²) in [6.45, 7) is 5.43. The van der Waals surface area contributed by atoms with Gasteiger partial charge in [-0.25, -0.2) is 0 Å². The number of rotatable bonds is 10. The van der Waals surface area contributed by atoms with E-state index in [2.05, 4.69) is 102 Å². The summed E-state index contributed by atoms with van der Waals surface area (Å²) in [5.41, 5.74) is 1.93. The Labute approximate surface area is 205 Å². The van der Waals surface area contributed by atoms with Crippen LogP contribution < -0.4 is 9.47 Å². The van der Waals surface area contributed by atoms with Gasteiger partial charge in [0.2, 0.25) is 0 Å². The Kier molecular flexibility index (Phi) is 9.96. The molecule has 0 spiro atoms. The zero-order valence-corrected chi connectivity index (χ0v) is 22.6. The highest BCUT2D eigenvalue weighted by Gasteiger charge is 2.27. The molecule has 0 fully saturated rings. The normalized spacial score (nSPS) is 11.6. The van der Waals surface area contributed by atoms with Crippen LogP contribution >= 0.6 is 63.7 Å². The van der Waals surface area contributed by atoms with Crippen LogP contribution in [-0.2, 0) is 5.41 Å². The Morgan fingerprint density at radius 3 is 1.28 bits per heavy atom. The second kappa shape index (κ2) is 11.5. The molecule has 0 bridgehead atoms. The fourth-order valence-corrected chi connectivity index (χ4v) is 5.59. The Morgan fingerprint density at radius 2 is 1.00 bits per heavy atom. The average Bonchev–Trinajstić information content (AvgIpc) is 2.65. The van der Waals surface area contributed by atoms with Crippen molar-refractivity contribution in [2.24, 2.45) is 0 Å². The Bertz CT molecular complexity index is 726. The second-order valence-electron chi connectivity index (χ2n) is 7.01. The molecular formula is C21H24Br4O4. The van der Waals surface area contributed by atoms with Gasteiger partial charge in [0.15, 0.2) is 0 Å². The Morgan fingerprint density at radius 1 is 0.690 bits per heavy atom. The maximum atomic E-state index is 8.95. The van der Waals surface area contributed by atoms with Gasteiger partial charge < -0.3 is 19.7 Å². The van der Waals surface area contributed by atoms with E-state index in [1.54, 1.807) is 0 Å². The highest BCUT2D eigenvalue weighted by molar-refractivity contribution is 9.11. The first-order chi connectivity index (χ1) is 13.7. The Hall–Kier alpha value is -0.120. The van der Waals surface area contributed by atoms with Crippen molar-refractivity contribution in [3.8, 4) is 11.5 Å². The van der Waals surface area contributed by atoms with Gasteiger partial charge in [0.25, 0.3) is 0 Å². The first kappa shape index (κ1) is 25.1. The SMILES string of the molecule is CC(C)(c1cc(Br)c(OCCCO)c(Br)c1)c1cc(Br)c(OCCCO)c(Br)c1. The molecule has 2 N–H and O–H groups in total. The number of ether oxygens (including phenoxy) is 2. The molecule has 0 saturated heterocycles. The molecule has 0 heterocycles. The molecule has 0 aliphatic carbocycles. The molecule has 0 atom stereocenters. The van der Waals surface area contributed by atoms with E-state index in [0.717, 1.165) is 40.5 Å². The molecule has 2 aromatic rings. The number of aliphatic hydroxyl groups excluding tert-OH is 2. The lowest BCUT2D eigenvalue weighted by Gasteiger charge is -2.28. The van der Waals surface area contributed by atoms with Crippen molar-refractivity contribution in [3.63, 3.8) is 0 Å². The minimum Gasteiger partial charge on any atom is -0.491 e. The van der Waals surface area contributed by atoms with Crippen LogP contribution in [0.2, 0.25) is 0 Å². The van der Waals surface area contributed by atoms with Crippen LogP contribution in [0.15, 0.2) is 42.2 Å². The van der Waals surface area contributed by atoms with Crippen LogP contribution in [0.1, 0.15) is 37.8 Å². The number of halogens is 4. The smallest absolute Gasteiger partial charge is 0.147 e. The maximum absolute atomic E-state index is 8.95. The summed E-state index contributed by atoms with van der Waals surface area (Å²) in [5.74, 6) is 1.46. The zero-order chi connectivity index (χ0) is 21.6. The van der Waals surface area contributed by atoms with Gasteiger partial charge in [0.05, 0.1) is 31.1 Å². The van der Waals surface area contributed by atoms with Crippen molar-refractivity contribution in [1.29, 1.82) is 0 Å². The second-order valence-corrected chi connectivity index (χ2v) is 10.4. The van der Waals surface area contributed by atoms with E-state index in [0.29, 0.717) is 26.1 Å². The zero-order valence-electron chi connectivity index (χ0n) is 16.3. The van der Waals surface area contributed by atoms with Gasteiger partial charge in [-0.15, -0.1) is 0 Å². The van der Waals surface area contributed by atoms with E-state index < -0.39 is 0 Å². The number of benzene rings is 2. The van der Waals surface area contributed by atoms with E-state index in [4.69, 9.17) is 19.7 Å². The summed E-state index contributed by atoms with van der Waals surface area (Å²) in [5, 5.41) is 17.9. The first-order valence-electron chi connectivity index (χ1n) is 9.18. The molecule has 2 aromatic carbocycles. The average molecular weight is 660 g/mol. The molecule has 2 rings (SSSR count). The molecule has 0 aliphatic heterocycles. The van der Waals surface area contributed by atoms with Crippen molar-refractivity contribution in [3.05, 3.63) is 53.3 Å². The maximum Gasteiger partial charge on any atom is 0.147 e. The minimum absolute atomic E-state index is 0.101. The van der Waals surface area contributed by atoms with E-state index in [1.807, 2.05) is 0 Å². The van der Waals surface area contributed by atoms with Gasteiger partial charge in [-0.1, -0.05) is 13.8 Å². The highest BCUT2D eigenvalue weighted by atomic mass is 79.9. The molecule has 29 heavy (non-hydrogen) atoms. The lowest BCUT2D eigenvalue weighted by atomic mass is 9.78. The molecule has 0 unspecified atom stereocenters. The number of hydrogen-bond acceptors (Lipinski definition) is 4. The fourth-order valence-electron chi connectivity index (χ4n) is 2.76. The summed E-state index contributed by atoms with van der Waals surface area (Å²) in [6, 6.07) is 8.25. The van der Waals surface area contributed by atoms with Crippen LogP contribution in [0, 0.1) is 0 Å². The molecular weight excluding hydrogens is 636 g/mol. The van der Waals surface area contributed by atoms with Crippen LogP contribution in [0.5, 0.6) is 11.5 Å². The predicted octanol–water partition coefficient (Wildman–Crippen LogP) is 6.58. The van der Waals surface area contributed by atoms with E-state index >= 15 is 0 Å². The largest absolute Gasteiger partial charge is 0.491 e. The monoisotopic (exact) mass is 656 g/mol. The van der Waals surface area contributed by atoms with Crippen molar-refractivity contribution < 1.29 is 19.7 Å².